The third-order valence-electron chi connectivity index (χ3n) is 3.14. The molecule has 8 heteroatoms. The molecule has 2 N–H and O–H groups in total. The van der Waals surface area contributed by atoms with Crippen LogP contribution in [0.15, 0.2) is 12.1 Å². The van der Waals surface area contributed by atoms with Crippen LogP contribution in [0.4, 0.5) is 10.8 Å². The maximum atomic E-state index is 12.4. The Morgan fingerprint density at radius 3 is 2.17 bits per heavy atom. The molecule has 2 aromatic rings. The number of methoxy groups -OCH3 is 3. The smallest absolute Gasteiger partial charge is 0.267 e. The highest BCUT2D eigenvalue weighted by Gasteiger charge is 2.18. The number of benzene rings is 1. The number of rotatable bonds is 6. The number of hydrogen-bond donors (Lipinski definition) is 2. The van der Waals surface area contributed by atoms with E-state index in [1.54, 1.807) is 26.1 Å². The summed E-state index contributed by atoms with van der Waals surface area (Å²) in [6.07, 6.45) is 0. The van der Waals surface area contributed by atoms with Crippen LogP contribution in [-0.4, -0.2) is 39.3 Å². The lowest BCUT2D eigenvalue weighted by Gasteiger charge is -2.14. The highest BCUT2D eigenvalue weighted by molar-refractivity contribution is 7.17. The van der Waals surface area contributed by atoms with Gasteiger partial charge >= 0.3 is 0 Å². The van der Waals surface area contributed by atoms with Crippen LogP contribution in [0, 0.1) is 6.92 Å². The van der Waals surface area contributed by atoms with Crippen molar-refractivity contribution in [3.8, 4) is 17.2 Å². The van der Waals surface area contributed by atoms with Crippen LogP contribution < -0.4 is 24.8 Å². The van der Waals surface area contributed by atoms with Gasteiger partial charge in [0.05, 0.1) is 27.0 Å². The zero-order valence-corrected chi connectivity index (χ0v) is 14.5. The minimum absolute atomic E-state index is 0.240. The van der Waals surface area contributed by atoms with Crippen LogP contribution in [-0.2, 0) is 0 Å². The summed E-state index contributed by atoms with van der Waals surface area (Å²) < 4.78 is 15.8. The normalized spacial score (nSPS) is 10.1. The molecule has 0 bridgehead atoms. The van der Waals surface area contributed by atoms with Crippen LogP contribution in [0.5, 0.6) is 17.2 Å². The molecule has 0 unspecified atom stereocenters. The fraction of sp³-hybridized carbons (Fsp3) is 0.333. The largest absolute Gasteiger partial charge is 0.493 e. The van der Waals surface area contributed by atoms with E-state index in [1.165, 1.54) is 32.7 Å². The van der Waals surface area contributed by atoms with Crippen molar-refractivity contribution in [3.05, 3.63) is 22.7 Å². The van der Waals surface area contributed by atoms with E-state index in [9.17, 15) is 4.79 Å². The first-order valence-electron chi connectivity index (χ1n) is 6.80. The first-order chi connectivity index (χ1) is 11.0. The molecule has 23 heavy (non-hydrogen) atoms. The molecule has 0 aliphatic rings. The summed E-state index contributed by atoms with van der Waals surface area (Å²) in [7, 11) is 6.34. The predicted molar refractivity (Wildman–Crippen MR) is 90.4 cm³/mol. The summed E-state index contributed by atoms with van der Waals surface area (Å²) in [5.74, 6) is 1.17. The number of ether oxygens (including phenoxy) is 3. The van der Waals surface area contributed by atoms with E-state index in [2.05, 4.69) is 15.6 Å². The van der Waals surface area contributed by atoms with E-state index in [4.69, 9.17) is 14.2 Å². The zero-order chi connectivity index (χ0) is 17.0. The Morgan fingerprint density at radius 1 is 1.13 bits per heavy atom. The molecule has 1 aromatic carbocycles. The highest BCUT2D eigenvalue weighted by atomic mass is 32.1. The molecule has 0 radical (unpaired) electrons. The second kappa shape index (κ2) is 7.19. The van der Waals surface area contributed by atoms with Crippen molar-refractivity contribution in [1.29, 1.82) is 0 Å². The van der Waals surface area contributed by atoms with Gasteiger partial charge in [0.15, 0.2) is 16.6 Å². The number of carbonyl (C=O) groups is 1. The van der Waals surface area contributed by atoms with E-state index in [1.807, 2.05) is 0 Å². The van der Waals surface area contributed by atoms with Crippen molar-refractivity contribution < 1.29 is 19.0 Å². The number of aromatic nitrogens is 1. The molecule has 0 saturated carbocycles. The summed E-state index contributed by atoms with van der Waals surface area (Å²) in [5.41, 5.74) is 1.22. The van der Waals surface area contributed by atoms with Gasteiger partial charge in [0.2, 0.25) is 5.75 Å². The van der Waals surface area contributed by atoms with Crippen molar-refractivity contribution >= 4 is 28.1 Å². The van der Waals surface area contributed by atoms with Gasteiger partial charge in [-0.3, -0.25) is 4.79 Å². The Kier molecular flexibility index (Phi) is 5.28. The summed E-state index contributed by atoms with van der Waals surface area (Å²) in [6.45, 7) is 1.79. The molecule has 0 aliphatic heterocycles. The second-order valence-corrected chi connectivity index (χ2v) is 5.55. The van der Waals surface area contributed by atoms with Gasteiger partial charge in [-0.05, 0) is 6.92 Å². The van der Waals surface area contributed by atoms with E-state index in [0.29, 0.717) is 38.6 Å². The van der Waals surface area contributed by atoms with Gasteiger partial charge in [-0.1, -0.05) is 11.3 Å². The number of nitrogens with zero attached hydrogens (tertiary/aromatic N) is 1. The standard InChI is InChI=1S/C15H19N3O4S/c1-8-13(23-15(16-2)17-8)14(19)18-9-6-10(20-3)12(22-5)11(7-9)21-4/h6-7H,1-5H3,(H,16,17)(H,18,19). The lowest BCUT2D eigenvalue weighted by Crippen LogP contribution is -2.12. The van der Waals surface area contributed by atoms with Crippen molar-refractivity contribution in [2.75, 3.05) is 39.0 Å². The van der Waals surface area contributed by atoms with Gasteiger partial charge in [-0.15, -0.1) is 0 Å². The Labute approximate surface area is 138 Å². The minimum Gasteiger partial charge on any atom is -0.493 e. The van der Waals surface area contributed by atoms with Crippen LogP contribution in [0.25, 0.3) is 0 Å². The summed E-state index contributed by atoms with van der Waals surface area (Å²) in [4.78, 5) is 17.2. The fourth-order valence-electron chi connectivity index (χ4n) is 2.06. The van der Waals surface area contributed by atoms with E-state index < -0.39 is 0 Å². The third-order valence-corrected chi connectivity index (χ3v) is 4.31. The second-order valence-electron chi connectivity index (χ2n) is 4.55. The molecule has 0 spiro atoms. The fourth-order valence-corrected chi connectivity index (χ4v) is 2.87. The number of anilines is 2. The minimum atomic E-state index is -0.240. The Hall–Kier alpha value is -2.48. The molecule has 2 rings (SSSR count). The number of carbonyl (C=O) groups excluding carboxylic acids is 1. The predicted octanol–water partition coefficient (Wildman–Crippen LogP) is 2.77. The molecule has 0 saturated heterocycles. The van der Waals surface area contributed by atoms with Gasteiger partial charge in [-0.2, -0.15) is 0 Å². The lowest BCUT2D eigenvalue weighted by molar-refractivity contribution is 0.103. The van der Waals surface area contributed by atoms with Crippen LogP contribution >= 0.6 is 11.3 Å². The number of thiazole rings is 1. The number of hydrogen-bond acceptors (Lipinski definition) is 7. The number of aryl methyl sites for hydroxylation is 1. The van der Waals surface area contributed by atoms with Gasteiger partial charge in [0, 0.05) is 24.9 Å². The van der Waals surface area contributed by atoms with Gasteiger partial charge < -0.3 is 24.8 Å². The maximum Gasteiger partial charge on any atom is 0.267 e. The van der Waals surface area contributed by atoms with Crippen molar-refractivity contribution in [2.45, 2.75) is 6.92 Å². The van der Waals surface area contributed by atoms with Crippen LogP contribution in [0.1, 0.15) is 15.4 Å². The van der Waals surface area contributed by atoms with Crippen LogP contribution in [0.2, 0.25) is 0 Å². The SMILES string of the molecule is CNc1nc(C)c(C(=O)Nc2cc(OC)c(OC)c(OC)c2)s1. The first-order valence-corrected chi connectivity index (χ1v) is 7.62. The summed E-state index contributed by atoms with van der Waals surface area (Å²) >= 11 is 1.29. The Balaban J connectivity index is 2.32. The average Bonchev–Trinajstić information content (AvgIpc) is 2.94. The van der Waals surface area contributed by atoms with Gasteiger partial charge in [0.1, 0.15) is 4.88 Å². The van der Waals surface area contributed by atoms with E-state index in [-0.39, 0.29) is 5.91 Å². The molecular formula is C15H19N3O4S. The van der Waals surface area contributed by atoms with Gasteiger partial charge in [-0.25, -0.2) is 4.98 Å². The molecular weight excluding hydrogens is 318 g/mol. The van der Waals surface area contributed by atoms with E-state index >= 15 is 0 Å². The molecule has 1 amide bonds. The molecule has 1 aromatic heterocycles. The van der Waals surface area contributed by atoms with Crippen molar-refractivity contribution in [2.24, 2.45) is 0 Å². The molecule has 0 fully saturated rings. The third kappa shape index (κ3) is 3.48. The average molecular weight is 337 g/mol. The molecule has 0 aliphatic carbocycles. The number of nitrogens with one attached hydrogen (secondary N) is 2. The molecule has 124 valence electrons. The summed E-state index contributed by atoms with van der Waals surface area (Å²) in [6, 6.07) is 3.35. The topological polar surface area (TPSA) is 81.7 Å². The Morgan fingerprint density at radius 2 is 1.74 bits per heavy atom. The quantitative estimate of drug-likeness (QED) is 0.843. The molecule has 0 atom stereocenters. The highest BCUT2D eigenvalue weighted by Crippen LogP contribution is 2.40. The van der Waals surface area contributed by atoms with Gasteiger partial charge in [0.25, 0.3) is 5.91 Å². The van der Waals surface area contributed by atoms with E-state index in [0.717, 1.165) is 0 Å². The summed E-state index contributed by atoms with van der Waals surface area (Å²) in [5, 5.41) is 6.45. The monoisotopic (exact) mass is 337 g/mol. The van der Waals surface area contributed by atoms with Crippen LogP contribution in [0.3, 0.4) is 0 Å². The van der Waals surface area contributed by atoms with Crippen molar-refractivity contribution in [3.63, 3.8) is 0 Å². The number of amides is 1. The maximum absolute atomic E-state index is 12.4. The Bertz CT molecular complexity index is 690. The lowest BCUT2D eigenvalue weighted by atomic mass is 10.2. The molecule has 1 heterocycles. The first kappa shape index (κ1) is 16.9. The van der Waals surface area contributed by atoms with Crippen molar-refractivity contribution in [1.82, 2.24) is 4.98 Å². The molecule has 7 nitrogen and oxygen atoms in total. The zero-order valence-electron chi connectivity index (χ0n) is 13.6.